The molecule has 2 atom stereocenters. The molecule has 0 aromatic rings. The average molecular weight is 159 g/mol. The first-order valence-corrected chi connectivity index (χ1v) is 4.32. The Balaban J connectivity index is 1.73. The van der Waals surface area contributed by atoms with Crippen molar-refractivity contribution in [3.63, 3.8) is 0 Å². The average Bonchev–Trinajstić information content (AvgIpc) is 2.71. The Morgan fingerprint density at radius 2 is 2.36 bits per heavy atom. The molecule has 2 heterocycles. The van der Waals surface area contributed by atoms with E-state index in [1.807, 2.05) is 0 Å². The van der Waals surface area contributed by atoms with Gasteiger partial charge in [-0.05, 0) is 19.4 Å². The molecule has 2 aliphatic rings. The zero-order valence-corrected chi connectivity index (χ0v) is 6.63. The first kappa shape index (κ1) is 7.50. The Morgan fingerprint density at radius 3 is 3.00 bits per heavy atom. The summed E-state index contributed by atoms with van der Waals surface area (Å²) < 4.78 is 17.9. The Labute approximate surface area is 66.3 Å². The van der Waals surface area contributed by atoms with Crippen molar-refractivity contribution in [3.05, 3.63) is 0 Å². The van der Waals surface area contributed by atoms with Crippen molar-refractivity contribution in [1.29, 1.82) is 0 Å². The van der Waals surface area contributed by atoms with E-state index >= 15 is 0 Å². The highest BCUT2D eigenvalue weighted by Crippen LogP contribution is 2.17. The van der Waals surface area contributed by atoms with E-state index in [9.17, 15) is 4.39 Å². The number of nitrogens with zero attached hydrogens (tertiary/aromatic N) is 1. The predicted octanol–water partition coefficient (Wildman–Crippen LogP) is 0.819. The molecule has 0 radical (unpaired) electrons. The van der Waals surface area contributed by atoms with Gasteiger partial charge in [-0.25, -0.2) is 4.39 Å². The third-order valence-electron chi connectivity index (χ3n) is 2.31. The topological polar surface area (TPSA) is 15.8 Å². The van der Waals surface area contributed by atoms with E-state index < -0.39 is 6.17 Å². The van der Waals surface area contributed by atoms with Gasteiger partial charge in [0.2, 0.25) is 0 Å². The van der Waals surface area contributed by atoms with Crippen LogP contribution >= 0.6 is 0 Å². The predicted molar refractivity (Wildman–Crippen MR) is 40.3 cm³/mol. The van der Waals surface area contributed by atoms with Gasteiger partial charge < -0.3 is 4.74 Å². The number of hydrogen-bond donors (Lipinski definition) is 0. The van der Waals surface area contributed by atoms with Crippen LogP contribution in [0.25, 0.3) is 0 Å². The largest absolute Gasteiger partial charge is 0.372 e. The van der Waals surface area contributed by atoms with E-state index in [0.29, 0.717) is 12.6 Å². The molecule has 2 fully saturated rings. The third-order valence-corrected chi connectivity index (χ3v) is 2.31. The van der Waals surface area contributed by atoms with E-state index in [1.165, 1.54) is 0 Å². The highest BCUT2D eigenvalue weighted by molar-refractivity contribution is 4.79. The molecule has 64 valence electrons. The van der Waals surface area contributed by atoms with Crippen molar-refractivity contribution in [1.82, 2.24) is 4.90 Å². The van der Waals surface area contributed by atoms with Crippen molar-refractivity contribution < 1.29 is 9.13 Å². The van der Waals surface area contributed by atoms with Crippen molar-refractivity contribution >= 4 is 0 Å². The summed E-state index contributed by atoms with van der Waals surface area (Å²) in [7, 11) is 0. The second-order valence-electron chi connectivity index (χ2n) is 3.45. The van der Waals surface area contributed by atoms with Gasteiger partial charge >= 0.3 is 0 Å². The molecule has 1 unspecified atom stereocenters. The first-order chi connectivity index (χ1) is 5.34. The smallest absolute Gasteiger partial charge is 0.113 e. The third kappa shape index (κ3) is 2.14. The lowest BCUT2D eigenvalue weighted by molar-refractivity contribution is 0.130. The number of piperidine rings is 1. The summed E-state index contributed by atoms with van der Waals surface area (Å²) in [6.07, 6.45) is 1.58. The van der Waals surface area contributed by atoms with Gasteiger partial charge in [-0.1, -0.05) is 0 Å². The van der Waals surface area contributed by atoms with Gasteiger partial charge in [-0.3, -0.25) is 4.90 Å². The molecule has 2 saturated heterocycles. The highest BCUT2D eigenvalue weighted by atomic mass is 19.1. The van der Waals surface area contributed by atoms with Crippen LogP contribution in [-0.4, -0.2) is 43.4 Å². The summed E-state index contributed by atoms with van der Waals surface area (Å²) in [4.78, 5) is 2.17. The van der Waals surface area contributed by atoms with Crippen LogP contribution in [0.2, 0.25) is 0 Å². The molecule has 2 rings (SSSR count). The molecule has 0 aromatic carbocycles. The lowest BCUT2D eigenvalue weighted by Gasteiger charge is -2.27. The van der Waals surface area contributed by atoms with Gasteiger partial charge in [0.05, 0.1) is 12.7 Å². The lowest BCUT2D eigenvalue weighted by atomic mass is 10.1. The van der Waals surface area contributed by atoms with E-state index in [1.54, 1.807) is 0 Å². The fourth-order valence-electron chi connectivity index (χ4n) is 1.63. The van der Waals surface area contributed by atoms with Gasteiger partial charge in [0, 0.05) is 13.1 Å². The Hall–Kier alpha value is -0.150. The van der Waals surface area contributed by atoms with Crippen molar-refractivity contribution in [3.8, 4) is 0 Å². The second kappa shape index (κ2) is 3.07. The molecular weight excluding hydrogens is 145 g/mol. The van der Waals surface area contributed by atoms with Crippen LogP contribution in [0.15, 0.2) is 0 Å². The van der Waals surface area contributed by atoms with Gasteiger partial charge in [0.25, 0.3) is 0 Å². The fourth-order valence-corrected chi connectivity index (χ4v) is 1.63. The fraction of sp³-hybridized carbons (Fsp3) is 1.00. The molecule has 0 N–H and O–H groups in total. The van der Waals surface area contributed by atoms with Crippen LogP contribution in [0.1, 0.15) is 12.8 Å². The Morgan fingerprint density at radius 1 is 1.55 bits per heavy atom. The molecule has 0 aliphatic carbocycles. The van der Waals surface area contributed by atoms with E-state index in [-0.39, 0.29) is 0 Å². The zero-order chi connectivity index (χ0) is 7.68. The summed E-state index contributed by atoms with van der Waals surface area (Å²) in [5, 5.41) is 0. The lowest BCUT2D eigenvalue weighted by Crippen LogP contribution is -2.38. The number of ether oxygens (including phenoxy) is 1. The summed E-state index contributed by atoms with van der Waals surface area (Å²) in [5.74, 6) is 0. The molecule has 3 heteroatoms. The molecule has 2 nitrogen and oxygen atoms in total. The molecule has 0 aromatic heterocycles. The zero-order valence-electron chi connectivity index (χ0n) is 6.63. The number of halogens is 1. The monoisotopic (exact) mass is 159 g/mol. The maximum atomic E-state index is 12.8. The number of epoxide rings is 1. The maximum Gasteiger partial charge on any atom is 0.113 e. The minimum atomic E-state index is -0.595. The van der Waals surface area contributed by atoms with Crippen molar-refractivity contribution in [2.24, 2.45) is 0 Å². The van der Waals surface area contributed by atoms with Crippen LogP contribution in [0.5, 0.6) is 0 Å². The normalized spacial score (nSPS) is 39.0. The minimum absolute atomic E-state index is 0.417. The number of hydrogen-bond acceptors (Lipinski definition) is 2. The standard InChI is InChI=1S/C8H14FNO/c9-7-2-1-3-10(4-7)5-8-6-11-8/h7-8H,1-6H2/t7?,8-/m1/s1. The maximum absolute atomic E-state index is 12.8. The van der Waals surface area contributed by atoms with Crippen LogP contribution in [0.4, 0.5) is 4.39 Å². The summed E-state index contributed by atoms with van der Waals surface area (Å²) in [5.41, 5.74) is 0. The summed E-state index contributed by atoms with van der Waals surface area (Å²) in [6, 6.07) is 0. The first-order valence-electron chi connectivity index (χ1n) is 4.32. The Kier molecular flexibility index (Phi) is 2.09. The van der Waals surface area contributed by atoms with Gasteiger partial charge in [0.15, 0.2) is 0 Å². The highest BCUT2D eigenvalue weighted by Gasteiger charge is 2.28. The van der Waals surface area contributed by atoms with E-state index in [2.05, 4.69) is 4.90 Å². The molecule has 0 bridgehead atoms. The number of rotatable bonds is 2. The minimum Gasteiger partial charge on any atom is -0.372 e. The second-order valence-corrected chi connectivity index (χ2v) is 3.45. The van der Waals surface area contributed by atoms with E-state index in [0.717, 1.165) is 32.5 Å². The summed E-state index contributed by atoms with van der Waals surface area (Å²) >= 11 is 0. The SMILES string of the molecule is FC1CCCN(C[C@@H]2CO2)C1. The molecule has 0 saturated carbocycles. The summed E-state index contributed by atoms with van der Waals surface area (Å²) in [6.45, 7) is 3.51. The Bertz CT molecular complexity index is 136. The van der Waals surface area contributed by atoms with Crippen molar-refractivity contribution in [2.75, 3.05) is 26.2 Å². The number of likely N-dealkylation sites (tertiary alicyclic amines) is 1. The van der Waals surface area contributed by atoms with Crippen LogP contribution < -0.4 is 0 Å². The van der Waals surface area contributed by atoms with Gasteiger partial charge in [-0.2, -0.15) is 0 Å². The molecular formula is C8H14FNO. The number of alkyl halides is 1. The van der Waals surface area contributed by atoms with Crippen LogP contribution in [-0.2, 0) is 4.74 Å². The molecule has 0 spiro atoms. The molecule has 11 heavy (non-hydrogen) atoms. The molecule has 0 amide bonds. The van der Waals surface area contributed by atoms with Gasteiger partial charge in [0.1, 0.15) is 6.17 Å². The van der Waals surface area contributed by atoms with Crippen molar-refractivity contribution in [2.45, 2.75) is 25.1 Å². The van der Waals surface area contributed by atoms with E-state index in [4.69, 9.17) is 4.74 Å². The molecule has 2 aliphatic heterocycles. The van der Waals surface area contributed by atoms with Crippen LogP contribution in [0, 0.1) is 0 Å². The van der Waals surface area contributed by atoms with Crippen LogP contribution in [0.3, 0.4) is 0 Å². The quantitative estimate of drug-likeness (QED) is 0.554. The van der Waals surface area contributed by atoms with Gasteiger partial charge in [-0.15, -0.1) is 0 Å².